The number of rotatable bonds is 3. The van der Waals surface area contributed by atoms with E-state index in [2.05, 4.69) is 16.8 Å². The first kappa shape index (κ1) is 18.4. The molecule has 1 saturated carbocycles. The SMILES string of the molecule is COC1(CN=C(N)N2CCSCC2)CCC(C)CC1.I. The molecule has 0 aromatic heterocycles. The molecule has 20 heavy (non-hydrogen) atoms. The fraction of sp³-hybridized carbons (Fsp3) is 0.929. The number of methoxy groups -OCH3 is 1. The van der Waals surface area contributed by atoms with Crippen molar-refractivity contribution in [1.29, 1.82) is 0 Å². The molecule has 0 amide bonds. The second kappa shape index (κ2) is 8.68. The predicted molar refractivity (Wildman–Crippen MR) is 98.2 cm³/mol. The molecule has 0 atom stereocenters. The summed E-state index contributed by atoms with van der Waals surface area (Å²) in [4.78, 5) is 6.83. The summed E-state index contributed by atoms with van der Waals surface area (Å²) >= 11 is 1.99. The maximum Gasteiger partial charge on any atom is 0.191 e. The van der Waals surface area contributed by atoms with Crippen LogP contribution in [0, 0.1) is 5.92 Å². The molecule has 2 N–H and O–H groups in total. The van der Waals surface area contributed by atoms with Crippen molar-refractivity contribution >= 4 is 41.7 Å². The Morgan fingerprint density at radius 2 is 1.95 bits per heavy atom. The normalized spacial score (nSPS) is 31.8. The molecule has 0 aromatic carbocycles. The van der Waals surface area contributed by atoms with Crippen LogP contribution < -0.4 is 5.73 Å². The standard InChI is InChI=1S/C14H27N3OS.HI/c1-12-3-5-14(18-2,6-4-12)11-16-13(15)17-7-9-19-10-8-17;/h12H,3-11H2,1-2H3,(H2,15,16);1H. The molecule has 2 aliphatic rings. The number of nitrogens with two attached hydrogens (primary N) is 1. The number of nitrogens with zero attached hydrogens (tertiary/aromatic N) is 2. The predicted octanol–water partition coefficient (Wildman–Crippen LogP) is 2.56. The molecule has 6 heteroatoms. The quantitative estimate of drug-likeness (QED) is 0.439. The minimum atomic E-state index is -0.0678. The highest BCUT2D eigenvalue weighted by molar-refractivity contribution is 14.0. The van der Waals surface area contributed by atoms with Crippen LogP contribution in [0.4, 0.5) is 0 Å². The summed E-state index contributed by atoms with van der Waals surface area (Å²) in [7, 11) is 1.82. The summed E-state index contributed by atoms with van der Waals surface area (Å²) in [6, 6.07) is 0. The van der Waals surface area contributed by atoms with E-state index in [1.54, 1.807) is 0 Å². The van der Waals surface area contributed by atoms with Crippen molar-refractivity contribution in [2.75, 3.05) is 38.2 Å². The lowest BCUT2D eigenvalue weighted by Gasteiger charge is -2.37. The zero-order chi connectivity index (χ0) is 13.7. The van der Waals surface area contributed by atoms with Crippen molar-refractivity contribution in [3.63, 3.8) is 0 Å². The number of aliphatic imine (C=N–C) groups is 1. The van der Waals surface area contributed by atoms with E-state index >= 15 is 0 Å². The second-order valence-corrected chi connectivity index (χ2v) is 7.07. The van der Waals surface area contributed by atoms with Gasteiger partial charge in [0, 0.05) is 31.7 Å². The van der Waals surface area contributed by atoms with Crippen LogP contribution in [-0.2, 0) is 4.74 Å². The number of hydrogen-bond acceptors (Lipinski definition) is 3. The van der Waals surface area contributed by atoms with E-state index in [0.717, 1.165) is 43.4 Å². The first-order valence-corrected chi connectivity index (χ1v) is 8.48. The van der Waals surface area contributed by atoms with E-state index in [-0.39, 0.29) is 29.6 Å². The van der Waals surface area contributed by atoms with Gasteiger partial charge in [0.15, 0.2) is 5.96 Å². The lowest BCUT2D eigenvalue weighted by atomic mass is 9.79. The molecule has 0 aromatic rings. The van der Waals surface area contributed by atoms with Gasteiger partial charge in [-0.1, -0.05) is 6.92 Å². The van der Waals surface area contributed by atoms with Crippen LogP contribution >= 0.6 is 35.7 Å². The molecule has 1 aliphatic heterocycles. The maximum atomic E-state index is 6.12. The summed E-state index contributed by atoms with van der Waals surface area (Å²) in [5.41, 5.74) is 6.05. The van der Waals surface area contributed by atoms with Crippen molar-refractivity contribution in [2.45, 2.75) is 38.2 Å². The van der Waals surface area contributed by atoms with E-state index < -0.39 is 0 Å². The van der Waals surface area contributed by atoms with Gasteiger partial charge < -0.3 is 15.4 Å². The van der Waals surface area contributed by atoms with Gasteiger partial charge >= 0.3 is 0 Å². The number of hydrogen-bond donors (Lipinski definition) is 1. The molecule has 1 heterocycles. The van der Waals surface area contributed by atoms with Crippen LogP contribution in [0.5, 0.6) is 0 Å². The summed E-state index contributed by atoms with van der Waals surface area (Å²) < 4.78 is 5.78. The zero-order valence-corrected chi connectivity index (χ0v) is 15.8. The number of guanidine groups is 1. The van der Waals surface area contributed by atoms with E-state index in [1.807, 2.05) is 18.9 Å². The number of thioether (sulfide) groups is 1. The highest BCUT2D eigenvalue weighted by atomic mass is 127. The van der Waals surface area contributed by atoms with Crippen molar-refractivity contribution in [2.24, 2.45) is 16.6 Å². The molecule has 4 nitrogen and oxygen atoms in total. The van der Waals surface area contributed by atoms with Crippen molar-refractivity contribution in [3.8, 4) is 0 Å². The van der Waals surface area contributed by atoms with Crippen LogP contribution in [0.25, 0.3) is 0 Å². The lowest BCUT2D eigenvalue weighted by molar-refractivity contribution is -0.0395. The molecule has 2 rings (SSSR count). The van der Waals surface area contributed by atoms with Gasteiger partial charge in [-0.05, 0) is 31.6 Å². The summed E-state index contributed by atoms with van der Waals surface area (Å²) in [5, 5.41) is 0. The highest BCUT2D eigenvalue weighted by Gasteiger charge is 2.34. The molecular formula is C14H28IN3OS. The average molecular weight is 413 g/mol. The van der Waals surface area contributed by atoms with Crippen molar-refractivity contribution in [3.05, 3.63) is 0 Å². The van der Waals surface area contributed by atoms with Gasteiger partial charge in [-0.15, -0.1) is 24.0 Å². The zero-order valence-electron chi connectivity index (χ0n) is 12.6. The Labute approximate surface area is 144 Å². The van der Waals surface area contributed by atoms with Crippen LogP contribution in [0.15, 0.2) is 4.99 Å². The van der Waals surface area contributed by atoms with Gasteiger partial charge in [-0.25, -0.2) is 0 Å². The van der Waals surface area contributed by atoms with Crippen LogP contribution in [0.3, 0.4) is 0 Å². The van der Waals surface area contributed by atoms with Crippen molar-refractivity contribution < 1.29 is 4.74 Å². The molecule has 0 unspecified atom stereocenters. The van der Waals surface area contributed by atoms with E-state index in [9.17, 15) is 0 Å². The molecule has 1 saturated heterocycles. The van der Waals surface area contributed by atoms with Gasteiger partial charge in [0.1, 0.15) is 0 Å². The van der Waals surface area contributed by atoms with Crippen LogP contribution in [-0.4, -0.2) is 54.7 Å². The average Bonchev–Trinajstić information content (AvgIpc) is 2.48. The molecule has 0 spiro atoms. The minimum absolute atomic E-state index is 0. The molecule has 0 radical (unpaired) electrons. The van der Waals surface area contributed by atoms with Gasteiger partial charge in [0.05, 0.1) is 12.1 Å². The fourth-order valence-electron chi connectivity index (χ4n) is 2.83. The highest BCUT2D eigenvalue weighted by Crippen LogP contribution is 2.34. The first-order chi connectivity index (χ1) is 9.15. The van der Waals surface area contributed by atoms with Crippen LogP contribution in [0.1, 0.15) is 32.6 Å². The third-order valence-corrected chi connectivity index (χ3v) is 5.43. The summed E-state index contributed by atoms with van der Waals surface area (Å²) in [6.45, 7) is 5.09. The van der Waals surface area contributed by atoms with E-state index in [4.69, 9.17) is 10.5 Å². The monoisotopic (exact) mass is 413 g/mol. The molecule has 0 bridgehead atoms. The third-order valence-electron chi connectivity index (χ3n) is 4.48. The topological polar surface area (TPSA) is 50.9 Å². The van der Waals surface area contributed by atoms with Crippen LogP contribution in [0.2, 0.25) is 0 Å². The number of halogens is 1. The Morgan fingerprint density at radius 1 is 1.35 bits per heavy atom. The first-order valence-electron chi connectivity index (χ1n) is 7.33. The molecule has 2 fully saturated rings. The largest absolute Gasteiger partial charge is 0.376 e. The van der Waals surface area contributed by atoms with Gasteiger partial charge in [-0.3, -0.25) is 4.99 Å². The molecular weight excluding hydrogens is 385 g/mol. The van der Waals surface area contributed by atoms with E-state index in [0.29, 0.717) is 12.5 Å². The second-order valence-electron chi connectivity index (χ2n) is 5.84. The third kappa shape index (κ3) is 4.94. The van der Waals surface area contributed by atoms with Gasteiger partial charge in [0.25, 0.3) is 0 Å². The summed E-state index contributed by atoms with van der Waals surface area (Å²) in [5.74, 6) is 3.84. The molecule has 118 valence electrons. The smallest absolute Gasteiger partial charge is 0.191 e. The number of ether oxygens (including phenoxy) is 1. The Bertz CT molecular complexity index is 314. The Morgan fingerprint density at radius 3 is 2.50 bits per heavy atom. The van der Waals surface area contributed by atoms with Gasteiger partial charge in [-0.2, -0.15) is 11.8 Å². The molecule has 1 aliphatic carbocycles. The Hall–Kier alpha value is 0.310. The maximum absolute atomic E-state index is 6.12. The minimum Gasteiger partial charge on any atom is -0.376 e. The Kier molecular flexibility index (Phi) is 7.97. The Balaban J connectivity index is 0.00000200. The fourth-order valence-corrected chi connectivity index (χ4v) is 3.74. The van der Waals surface area contributed by atoms with Crippen molar-refractivity contribution in [1.82, 2.24) is 4.90 Å². The van der Waals surface area contributed by atoms with Gasteiger partial charge in [0.2, 0.25) is 0 Å². The summed E-state index contributed by atoms with van der Waals surface area (Å²) in [6.07, 6.45) is 4.70. The van der Waals surface area contributed by atoms with E-state index in [1.165, 1.54) is 12.8 Å². The lowest BCUT2D eigenvalue weighted by Crippen LogP contribution is -2.45.